The molecule has 3 aromatic rings. The molecule has 242 valence electrons. The van der Waals surface area contributed by atoms with Crippen LogP contribution in [0.5, 0.6) is 17.2 Å². The summed E-state index contributed by atoms with van der Waals surface area (Å²) in [6.45, 7) is 11.4. The van der Waals surface area contributed by atoms with E-state index in [9.17, 15) is 14.0 Å². The number of nitrogens with one attached hydrogen (secondary N) is 3. The molecule has 0 spiro atoms. The Balaban J connectivity index is 1.31. The molecule has 0 bridgehead atoms. The molecule has 0 radical (unpaired) electrons. The van der Waals surface area contributed by atoms with Crippen LogP contribution in [0.3, 0.4) is 0 Å². The summed E-state index contributed by atoms with van der Waals surface area (Å²) in [6.07, 6.45) is 6.21. The summed E-state index contributed by atoms with van der Waals surface area (Å²) < 4.78 is 27.0. The summed E-state index contributed by atoms with van der Waals surface area (Å²) in [7, 11) is 0. The topological polar surface area (TPSA) is 91.9 Å². The number of carbonyl (C=O) groups is 2. The number of unbranched alkanes of at least 4 members (excludes halogenated alkanes) is 1. The third-order valence-electron chi connectivity index (χ3n) is 8.02. The van der Waals surface area contributed by atoms with E-state index in [4.69, 9.17) is 21.1 Å². The van der Waals surface area contributed by atoms with E-state index in [0.29, 0.717) is 17.0 Å². The van der Waals surface area contributed by atoms with Crippen LogP contribution in [0.2, 0.25) is 5.02 Å². The lowest BCUT2D eigenvalue weighted by atomic mass is 10.1. The van der Waals surface area contributed by atoms with Crippen LogP contribution in [0, 0.1) is 12.7 Å². The highest BCUT2D eigenvalue weighted by Gasteiger charge is 2.21. The van der Waals surface area contributed by atoms with Crippen molar-refractivity contribution in [3.8, 4) is 17.2 Å². The van der Waals surface area contributed by atoms with Gasteiger partial charge >= 0.3 is 6.03 Å². The molecule has 1 fully saturated rings. The van der Waals surface area contributed by atoms with Gasteiger partial charge in [-0.1, -0.05) is 38.8 Å². The van der Waals surface area contributed by atoms with Crippen molar-refractivity contribution < 1.29 is 23.5 Å². The van der Waals surface area contributed by atoms with Crippen LogP contribution < -0.4 is 25.4 Å². The highest BCUT2D eigenvalue weighted by atomic mass is 35.5. The molecule has 4 rings (SSSR count). The van der Waals surface area contributed by atoms with Gasteiger partial charge in [0.05, 0.1) is 10.7 Å². The van der Waals surface area contributed by atoms with Gasteiger partial charge in [0.15, 0.2) is 0 Å². The van der Waals surface area contributed by atoms with Gasteiger partial charge < -0.3 is 30.3 Å². The number of aryl methyl sites for hydroxylation is 1. The maximum atomic E-state index is 15.0. The maximum absolute atomic E-state index is 15.0. The predicted molar refractivity (Wildman–Crippen MR) is 179 cm³/mol. The van der Waals surface area contributed by atoms with Crippen LogP contribution >= 0.6 is 11.6 Å². The monoisotopic (exact) mass is 638 g/mol. The second kappa shape index (κ2) is 16.5. The molecule has 45 heavy (non-hydrogen) atoms. The summed E-state index contributed by atoms with van der Waals surface area (Å²) in [6, 6.07) is 14.0. The summed E-state index contributed by atoms with van der Waals surface area (Å²) in [5.41, 5.74) is 1.78. The molecule has 0 saturated carbocycles. The molecule has 1 aliphatic heterocycles. The molecule has 3 aromatic carbocycles. The molecule has 1 heterocycles. The van der Waals surface area contributed by atoms with Crippen molar-refractivity contribution in [2.45, 2.75) is 78.4 Å². The predicted octanol–water partition coefficient (Wildman–Crippen LogP) is 8.79. The molecule has 0 atom stereocenters. The third kappa shape index (κ3) is 9.83. The number of carbonyl (C=O) groups excluding carboxylic acids is 2. The van der Waals surface area contributed by atoms with Crippen LogP contribution in [0.1, 0.15) is 75.2 Å². The largest absolute Gasteiger partial charge is 0.490 e. The number of hydrogen-bond acceptors (Lipinski definition) is 5. The van der Waals surface area contributed by atoms with Crippen molar-refractivity contribution in [3.63, 3.8) is 0 Å². The first kappa shape index (κ1) is 34.1. The Hall–Kier alpha value is -3.82. The van der Waals surface area contributed by atoms with Crippen molar-refractivity contribution >= 4 is 34.9 Å². The number of nitrogens with zero attached hydrogens (tertiary/aromatic N) is 1. The number of ether oxygens (including phenoxy) is 2. The lowest BCUT2D eigenvalue weighted by molar-refractivity contribution is 0.0991. The number of urea groups is 1. The summed E-state index contributed by atoms with van der Waals surface area (Å²) in [4.78, 5) is 27.7. The van der Waals surface area contributed by atoms with Gasteiger partial charge in [-0.25, -0.2) is 9.18 Å². The van der Waals surface area contributed by atoms with E-state index in [0.717, 1.165) is 56.6 Å². The number of amides is 3. The minimum Gasteiger partial charge on any atom is -0.490 e. The fourth-order valence-electron chi connectivity index (χ4n) is 5.22. The highest BCUT2D eigenvalue weighted by Crippen LogP contribution is 2.33. The van der Waals surface area contributed by atoms with E-state index in [1.807, 2.05) is 26.8 Å². The summed E-state index contributed by atoms with van der Waals surface area (Å²) in [5, 5.41) is 8.53. The van der Waals surface area contributed by atoms with Gasteiger partial charge in [-0.2, -0.15) is 0 Å². The lowest BCUT2D eigenvalue weighted by Gasteiger charge is -2.32. The Kier molecular flexibility index (Phi) is 12.5. The van der Waals surface area contributed by atoms with E-state index >= 15 is 0 Å². The lowest BCUT2D eigenvalue weighted by Crippen LogP contribution is -2.38. The van der Waals surface area contributed by atoms with Gasteiger partial charge in [-0.05, 0) is 99.7 Å². The van der Waals surface area contributed by atoms with Crippen LogP contribution in [0.25, 0.3) is 0 Å². The van der Waals surface area contributed by atoms with E-state index < -0.39 is 11.7 Å². The van der Waals surface area contributed by atoms with Gasteiger partial charge in [0, 0.05) is 36.4 Å². The van der Waals surface area contributed by atoms with E-state index in [-0.39, 0.29) is 34.6 Å². The third-order valence-corrected chi connectivity index (χ3v) is 8.32. The molecule has 3 N–H and O–H groups in total. The first-order valence-electron chi connectivity index (χ1n) is 15.8. The Morgan fingerprint density at radius 2 is 1.71 bits per heavy atom. The van der Waals surface area contributed by atoms with E-state index in [2.05, 4.69) is 27.8 Å². The molecule has 1 saturated heterocycles. The van der Waals surface area contributed by atoms with Gasteiger partial charge in [0.25, 0.3) is 5.91 Å². The molecular weight excluding hydrogens is 595 g/mol. The zero-order chi connectivity index (χ0) is 32.3. The Morgan fingerprint density at radius 1 is 0.978 bits per heavy atom. The van der Waals surface area contributed by atoms with Crippen molar-refractivity contribution in [3.05, 3.63) is 76.6 Å². The second-order valence-electron chi connectivity index (χ2n) is 11.4. The van der Waals surface area contributed by atoms with Crippen LogP contribution in [-0.4, -0.2) is 48.6 Å². The number of halogens is 2. The first-order valence-corrected chi connectivity index (χ1v) is 16.2. The highest BCUT2D eigenvalue weighted by molar-refractivity contribution is 6.32. The van der Waals surface area contributed by atoms with Gasteiger partial charge in [-0.15, -0.1) is 0 Å². The molecule has 0 aliphatic carbocycles. The number of benzene rings is 3. The molecule has 8 nitrogen and oxygen atoms in total. The standard InChI is InChI=1S/C35H44ClFN4O4/c1-5-8-17-41-18-15-27(16-19-41)44-32-13-9-24(20-23(32)4)34(42)40-31-12-11-28(22-30(31)37)45-33-14-10-26(21-29(33)36)39-35(43)38-25(6-2)7-3/h9-14,20-22,25,27H,5-8,15-19H2,1-4H3,(H,40,42)(H2,38,39,43). The normalized spacial score (nSPS) is 13.8. The zero-order valence-corrected chi connectivity index (χ0v) is 27.3. The first-order chi connectivity index (χ1) is 21.7. The second-order valence-corrected chi connectivity index (χ2v) is 11.9. The molecule has 3 amide bonds. The van der Waals surface area contributed by atoms with Crippen molar-refractivity contribution in [2.75, 3.05) is 30.3 Å². The zero-order valence-electron chi connectivity index (χ0n) is 26.6. The molecule has 10 heteroatoms. The maximum Gasteiger partial charge on any atom is 0.319 e. The number of rotatable bonds is 13. The van der Waals surface area contributed by atoms with Crippen molar-refractivity contribution in [1.82, 2.24) is 10.2 Å². The van der Waals surface area contributed by atoms with E-state index in [1.54, 1.807) is 36.4 Å². The quantitative estimate of drug-likeness (QED) is 0.174. The Morgan fingerprint density at radius 3 is 2.36 bits per heavy atom. The fourth-order valence-corrected chi connectivity index (χ4v) is 5.44. The van der Waals surface area contributed by atoms with Crippen LogP contribution in [0.4, 0.5) is 20.6 Å². The van der Waals surface area contributed by atoms with Crippen molar-refractivity contribution in [2.24, 2.45) is 0 Å². The Bertz CT molecular complexity index is 1460. The number of hydrogen-bond donors (Lipinski definition) is 3. The number of likely N-dealkylation sites (tertiary alicyclic amines) is 1. The van der Waals surface area contributed by atoms with Gasteiger partial charge in [0.1, 0.15) is 29.2 Å². The molecule has 0 aromatic heterocycles. The van der Waals surface area contributed by atoms with Gasteiger partial charge in [-0.3, -0.25) is 4.79 Å². The molecule has 1 aliphatic rings. The summed E-state index contributed by atoms with van der Waals surface area (Å²) >= 11 is 6.37. The molecule has 0 unspecified atom stereocenters. The smallest absolute Gasteiger partial charge is 0.319 e. The SMILES string of the molecule is CCCCN1CCC(Oc2ccc(C(=O)Nc3ccc(Oc4ccc(NC(=O)NC(CC)CC)cc4Cl)cc3F)cc2C)CC1. The minimum absolute atomic E-state index is 0.0225. The number of piperidine rings is 1. The molecular formula is C35H44ClFN4O4. The minimum atomic E-state index is -0.657. The summed E-state index contributed by atoms with van der Waals surface area (Å²) in [5.74, 6) is 0.168. The van der Waals surface area contributed by atoms with E-state index in [1.165, 1.54) is 25.0 Å². The van der Waals surface area contributed by atoms with Crippen LogP contribution in [-0.2, 0) is 0 Å². The fraction of sp³-hybridized carbons (Fsp3) is 0.429. The van der Waals surface area contributed by atoms with Crippen molar-refractivity contribution in [1.29, 1.82) is 0 Å². The average molecular weight is 639 g/mol. The average Bonchev–Trinajstić information content (AvgIpc) is 3.03. The number of anilines is 2. The Labute approximate surface area is 270 Å². The van der Waals surface area contributed by atoms with Crippen LogP contribution in [0.15, 0.2) is 54.6 Å². The van der Waals surface area contributed by atoms with Gasteiger partial charge in [0.2, 0.25) is 0 Å².